The molecule has 0 spiro atoms. The summed E-state index contributed by atoms with van der Waals surface area (Å²) in [6.07, 6.45) is -1.77. The summed E-state index contributed by atoms with van der Waals surface area (Å²) in [7, 11) is 1.59. The predicted molar refractivity (Wildman–Crippen MR) is 145 cm³/mol. The molecule has 10 nitrogen and oxygen atoms in total. The van der Waals surface area contributed by atoms with Gasteiger partial charge in [0.2, 0.25) is 11.8 Å². The lowest BCUT2D eigenvalue weighted by Gasteiger charge is -2.31. The molecule has 0 aliphatic carbocycles. The number of likely N-dealkylation sites (N-methyl/N-ethyl adjacent to an activating group) is 1. The molecule has 0 aliphatic rings. The van der Waals surface area contributed by atoms with E-state index in [2.05, 4.69) is 5.32 Å². The Labute approximate surface area is 228 Å². The summed E-state index contributed by atoms with van der Waals surface area (Å²) in [5.74, 6) is -1.06. The summed E-state index contributed by atoms with van der Waals surface area (Å²) < 4.78 is 11.1. The summed E-state index contributed by atoms with van der Waals surface area (Å²) in [6.45, 7) is 4.31. The molecule has 2 rings (SSSR count). The average Bonchev–Trinajstić information content (AvgIpc) is 2.89. The summed E-state index contributed by atoms with van der Waals surface area (Å²) in [4.78, 5) is 41.4. The van der Waals surface area contributed by atoms with Crippen molar-refractivity contribution in [2.45, 2.75) is 45.2 Å². The molecule has 0 bridgehead atoms. The Balaban J connectivity index is 2.27. The Bertz CT molecular complexity index is 1020. The maximum Gasteiger partial charge on any atom is 0.408 e. The number of carboxylic acid groups (broad SMARTS) is 1. The van der Waals surface area contributed by atoms with E-state index in [1.165, 1.54) is 4.90 Å². The Hall–Kier alpha value is -3.18. The molecule has 0 aromatic heterocycles. The molecule has 2 aromatic rings. The number of amides is 3. The van der Waals surface area contributed by atoms with Crippen LogP contribution in [0.3, 0.4) is 0 Å². The van der Waals surface area contributed by atoms with E-state index in [9.17, 15) is 19.5 Å². The third-order valence-corrected chi connectivity index (χ3v) is 6.07. The van der Waals surface area contributed by atoms with Crippen molar-refractivity contribution < 1.29 is 29.0 Å². The zero-order valence-electron chi connectivity index (χ0n) is 22.0. The fourth-order valence-electron chi connectivity index (χ4n) is 3.90. The number of hydrogen-bond donors (Lipinski definition) is 3. The lowest BCUT2D eigenvalue weighted by Crippen LogP contribution is -2.58. The van der Waals surface area contributed by atoms with Crippen molar-refractivity contribution in [2.75, 3.05) is 33.4 Å². The van der Waals surface area contributed by atoms with Gasteiger partial charge in [-0.05, 0) is 37.1 Å². The first kappa shape index (κ1) is 31.0. The molecule has 38 heavy (non-hydrogen) atoms. The van der Waals surface area contributed by atoms with Crippen LogP contribution in [0, 0.1) is 0 Å². The molecule has 0 fully saturated rings. The van der Waals surface area contributed by atoms with E-state index < -0.39 is 36.3 Å². The first-order valence-electron chi connectivity index (χ1n) is 12.5. The SMILES string of the molecule is CCOC(CN(C)C(=O)C(Cc1ccc(Cl)cc1)NC(=O)C(CN)N(Cc1ccccc1)C(=O)O)OCC. The van der Waals surface area contributed by atoms with Gasteiger partial charge in [0.1, 0.15) is 12.1 Å². The first-order chi connectivity index (χ1) is 18.2. The van der Waals surface area contributed by atoms with Gasteiger partial charge in [-0.2, -0.15) is 0 Å². The zero-order chi connectivity index (χ0) is 28.1. The lowest BCUT2D eigenvalue weighted by atomic mass is 10.0. The van der Waals surface area contributed by atoms with E-state index in [1.807, 2.05) is 19.9 Å². The van der Waals surface area contributed by atoms with Gasteiger partial charge in [-0.25, -0.2) is 4.79 Å². The van der Waals surface area contributed by atoms with Crippen molar-refractivity contribution in [1.29, 1.82) is 0 Å². The van der Waals surface area contributed by atoms with Gasteiger partial charge in [0.15, 0.2) is 6.29 Å². The van der Waals surface area contributed by atoms with Gasteiger partial charge in [0.25, 0.3) is 0 Å². The molecule has 2 atom stereocenters. The number of hydrogen-bond acceptors (Lipinski definition) is 6. The molecule has 3 amide bonds. The van der Waals surface area contributed by atoms with E-state index in [0.29, 0.717) is 23.8 Å². The molecule has 0 aliphatic heterocycles. The highest BCUT2D eigenvalue weighted by Crippen LogP contribution is 2.14. The van der Waals surface area contributed by atoms with E-state index in [0.717, 1.165) is 10.5 Å². The quantitative estimate of drug-likeness (QED) is 0.291. The van der Waals surface area contributed by atoms with Crippen LogP contribution >= 0.6 is 11.6 Å². The Morgan fingerprint density at radius 3 is 2.13 bits per heavy atom. The van der Waals surface area contributed by atoms with Gasteiger partial charge in [-0.3, -0.25) is 14.5 Å². The number of benzene rings is 2. The third-order valence-electron chi connectivity index (χ3n) is 5.82. The molecule has 0 saturated carbocycles. The monoisotopic (exact) mass is 548 g/mol. The molecule has 208 valence electrons. The predicted octanol–water partition coefficient (Wildman–Crippen LogP) is 2.73. The van der Waals surface area contributed by atoms with Gasteiger partial charge in [-0.15, -0.1) is 0 Å². The van der Waals surface area contributed by atoms with E-state index in [1.54, 1.807) is 55.6 Å². The van der Waals surface area contributed by atoms with Crippen molar-refractivity contribution in [3.05, 3.63) is 70.7 Å². The summed E-state index contributed by atoms with van der Waals surface area (Å²) in [5.41, 5.74) is 7.33. The number of ether oxygens (including phenoxy) is 2. The fraction of sp³-hybridized carbons (Fsp3) is 0.444. The second kappa shape index (κ2) is 15.9. The largest absolute Gasteiger partial charge is 0.465 e. The summed E-state index contributed by atoms with van der Waals surface area (Å²) in [5, 5.41) is 13.1. The van der Waals surface area contributed by atoms with Gasteiger partial charge >= 0.3 is 6.09 Å². The molecule has 2 unspecified atom stereocenters. The van der Waals surface area contributed by atoms with Crippen molar-refractivity contribution in [2.24, 2.45) is 5.73 Å². The first-order valence-corrected chi connectivity index (χ1v) is 12.8. The summed E-state index contributed by atoms with van der Waals surface area (Å²) in [6, 6.07) is 13.6. The standard InChI is InChI=1S/C27H37ClN4O6/c1-4-37-24(38-5-2)18-31(3)26(34)22(15-19-11-13-21(28)14-12-19)30-25(33)23(16-29)32(27(35)36)17-20-9-7-6-8-10-20/h6-14,22-24H,4-5,15-18,29H2,1-3H3,(H,30,33)(H,35,36). The van der Waals surface area contributed by atoms with Gasteiger partial charge in [0, 0.05) is 44.8 Å². The molecule has 0 heterocycles. The van der Waals surface area contributed by atoms with Gasteiger partial charge < -0.3 is 30.5 Å². The highest BCUT2D eigenvalue weighted by molar-refractivity contribution is 6.30. The van der Waals surface area contributed by atoms with E-state index in [4.69, 9.17) is 26.8 Å². The molecular formula is C27H37ClN4O6. The Kier molecular flexibility index (Phi) is 13.0. The van der Waals surface area contributed by atoms with Crippen LogP contribution in [0.25, 0.3) is 0 Å². The Morgan fingerprint density at radius 2 is 1.61 bits per heavy atom. The second-order valence-electron chi connectivity index (χ2n) is 8.60. The molecule has 0 radical (unpaired) electrons. The minimum absolute atomic E-state index is 0.0362. The van der Waals surface area contributed by atoms with Crippen molar-refractivity contribution >= 4 is 29.5 Å². The molecular weight excluding hydrogens is 512 g/mol. The lowest BCUT2D eigenvalue weighted by molar-refractivity contribution is -0.158. The minimum atomic E-state index is -1.30. The fourth-order valence-corrected chi connectivity index (χ4v) is 4.02. The topological polar surface area (TPSA) is 134 Å². The molecule has 2 aromatic carbocycles. The number of nitrogens with zero attached hydrogens (tertiary/aromatic N) is 2. The van der Waals surface area contributed by atoms with Gasteiger partial charge in [-0.1, -0.05) is 54.1 Å². The van der Waals surface area contributed by atoms with Gasteiger partial charge in [0.05, 0.1) is 6.54 Å². The number of nitrogens with one attached hydrogen (secondary N) is 1. The van der Waals surface area contributed by atoms with Crippen LogP contribution in [0.5, 0.6) is 0 Å². The molecule has 11 heteroatoms. The van der Waals surface area contributed by atoms with Crippen molar-refractivity contribution in [1.82, 2.24) is 15.1 Å². The number of nitrogens with two attached hydrogens (primary N) is 1. The maximum atomic E-state index is 13.5. The normalized spacial score (nSPS) is 12.6. The summed E-state index contributed by atoms with van der Waals surface area (Å²) >= 11 is 6.01. The van der Waals surface area contributed by atoms with Crippen LogP contribution in [0.15, 0.2) is 54.6 Å². The number of rotatable bonds is 15. The zero-order valence-corrected chi connectivity index (χ0v) is 22.8. The van der Waals surface area contributed by atoms with Crippen molar-refractivity contribution in [3.63, 3.8) is 0 Å². The smallest absolute Gasteiger partial charge is 0.408 e. The minimum Gasteiger partial charge on any atom is -0.465 e. The van der Waals surface area contributed by atoms with Crippen molar-refractivity contribution in [3.8, 4) is 0 Å². The van der Waals surface area contributed by atoms with Crippen LogP contribution in [-0.4, -0.2) is 84.5 Å². The van der Waals surface area contributed by atoms with Crippen LogP contribution < -0.4 is 11.1 Å². The molecule has 4 N–H and O–H groups in total. The number of halogens is 1. The number of carbonyl (C=O) groups excluding carboxylic acids is 2. The van der Waals surface area contributed by atoms with Crippen LogP contribution in [0.2, 0.25) is 5.02 Å². The van der Waals surface area contributed by atoms with Crippen LogP contribution in [0.4, 0.5) is 4.79 Å². The number of carbonyl (C=O) groups is 3. The highest BCUT2D eigenvalue weighted by atomic mass is 35.5. The second-order valence-corrected chi connectivity index (χ2v) is 9.03. The van der Waals surface area contributed by atoms with E-state index in [-0.39, 0.29) is 26.1 Å². The van der Waals surface area contributed by atoms with Crippen LogP contribution in [-0.2, 0) is 32.0 Å². The molecule has 0 saturated heterocycles. The maximum absolute atomic E-state index is 13.5. The third kappa shape index (κ3) is 9.60. The average molecular weight is 549 g/mol. The Morgan fingerprint density at radius 1 is 1.00 bits per heavy atom. The highest BCUT2D eigenvalue weighted by Gasteiger charge is 2.33. The van der Waals surface area contributed by atoms with Crippen LogP contribution in [0.1, 0.15) is 25.0 Å². The van der Waals surface area contributed by atoms with E-state index >= 15 is 0 Å².